The molecule has 0 radical (unpaired) electrons. The predicted molar refractivity (Wildman–Crippen MR) is 111 cm³/mol. The van der Waals surface area contributed by atoms with E-state index in [-0.39, 0.29) is 18.5 Å². The molecule has 0 fully saturated rings. The molecule has 1 amide bonds. The summed E-state index contributed by atoms with van der Waals surface area (Å²) in [5.74, 6) is -0.309. The van der Waals surface area contributed by atoms with Crippen LogP contribution in [0.3, 0.4) is 0 Å². The van der Waals surface area contributed by atoms with Gasteiger partial charge in [0.2, 0.25) is 0 Å². The number of anilines is 1. The molecule has 0 saturated heterocycles. The number of aryl methyl sites for hydroxylation is 1. The van der Waals surface area contributed by atoms with Crippen LogP contribution in [0.1, 0.15) is 29.2 Å². The van der Waals surface area contributed by atoms with Crippen molar-refractivity contribution in [3.8, 4) is 0 Å². The van der Waals surface area contributed by atoms with Crippen molar-refractivity contribution in [2.45, 2.75) is 25.5 Å². The smallest absolute Gasteiger partial charge is 0.415 e. The number of nitrogens with zero attached hydrogens (tertiary/aromatic N) is 1. The molecule has 1 unspecified atom stereocenters. The van der Waals surface area contributed by atoms with E-state index >= 15 is 0 Å². The van der Waals surface area contributed by atoms with E-state index in [0.29, 0.717) is 6.42 Å². The quantitative estimate of drug-likeness (QED) is 0.471. The summed E-state index contributed by atoms with van der Waals surface area (Å²) in [4.78, 5) is 14.7. The van der Waals surface area contributed by atoms with Gasteiger partial charge >= 0.3 is 6.09 Å². The minimum absolute atomic E-state index is 0.192. The number of carbonyl (C=O) groups is 1. The minimum atomic E-state index is -0.429. The standard InChI is InChI=1S/C23H19BrFNO2/c24-19-10-12-22-18(13-19)9-11-21(17-7-4-8-20(25)14-17)26(22)23(27)28-15-16-5-2-1-3-6-16/h1-8,10,12-14,21H,9,11,15H2. The van der Waals surface area contributed by atoms with Gasteiger partial charge in [-0.2, -0.15) is 0 Å². The normalized spacial score (nSPS) is 15.8. The first-order valence-electron chi connectivity index (χ1n) is 9.15. The topological polar surface area (TPSA) is 29.5 Å². The summed E-state index contributed by atoms with van der Waals surface area (Å²) in [7, 11) is 0. The van der Waals surface area contributed by atoms with Gasteiger partial charge in [-0.25, -0.2) is 9.18 Å². The second-order valence-electron chi connectivity index (χ2n) is 6.79. The number of fused-ring (bicyclic) bond motifs is 1. The molecule has 0 spiro atoms. The van der Waals surface area contributed by atoms with Gasteiger partial charge in [-0.3, -0.25) is 4.90 Å². The lowest BCUT2D eigenvalue weighted by Crippen LogP contribution is -2.38. The highest BCUT2D eigenvalue weighted by molar-refractivity contribution is 9.10. The fourth-order valence-corrected chi connectivity index (χ4v) is 4.03. The molecular formula is C23H19BrFNO2. The zero-order chi connectivity index (χ0) is 19.5. The molecule has 1 aliphatic rings. The van der Waals surface area contributed by atoms with Crippen molar-refractivity contribution in [3.05, 3.63) is 99.8 Å². The summed E-state index contributed by atoms with van der Waals surface area (Å²) in [6.45, 7) is 0.192. The third-order valence-corrected chi connectivity index (χ3v) is 5.43. The van der Waals surface area contributed by atoms with Crippen LogP contribution in [-0.4, -0.2) is 6.09 Å². The number of amides is 1. The first kappa shape index (κ1) is 18.7. The van der Waals surface area contributed by atoms with Gasteiger partial charge in [-0.05, 0) is 59.9 Å². The molecule has 0 N–H and O–H groups in total. The molecule has 3 nitrogen and oxygen atoms in total. The van der Waals surface area contributed by atoms with Crippen LogP contribution >= 0.6 is 15.9 Å². The van der Waals surface area contributed by atoms with Crippen molar-refractivity contribution in [1.82, 2.24) is 0 Å². The predicted octanol–water partition coefficient (Wildman–Crippen LogP) is 6.42. The second-order valence-corrected chi connectivity index (χ2v) is 7.71. The summed E-state index contributed by atoms with van der Waals surface area (Å²) in [6.07, 6.45) is 1.08. The molecular weight excluding hydrogens is 421 g/mol. The highest BCUT2D eigenvalue weighted by atomic mass is 79.9. The van der Waals surface area contributed by atoms with Crippen molar-refractivity contribution in [3.63, 3.8) is 0 Å². The van der Waals surface area contributed by atoms with Crippen molar-refractivity contribution in [2.24, 2.45) is 0 Å². The van der Waals surface area contributed by atoms with Gasteiger partial charge in [-0.1, -0.05) is 58.4 Å². The molecule has 3 aromatic carbocycles. The maximum atomic E-state index is 13.8. The average molecular weight is 440 g/mol. The molecule has 1 aliphatic heterocycles. The van der Waals surface area contributed by atoms with E-state index in [4.69, 9.17) is 4.74 Å². The molecule has 28 heavy (non-hydrogen) atoms. The zero-order valence-corrected chi connectivity index (χ0v) is 16.7. The largest absolute Gasteiger partial charge is 0.444 e. The lowest BCUT2D eigenvalue weighted by Gasteiger charge is -2.37. The first-order chi connectivity index (χ1) is 13.6. The Hall–Kier alpha value is -2.66. The lowest BCUT2D eigenvalue weighted by molar-refractivity contribution is 0.143. The van der Waals surface area contributed by atoms with Crippen molar-refractivity contribution in [2.75, 3.05) is 4.90 Å². The summed E-state index contributed by atoms with van der Waals surface area (Å²) in [5, 5.41) is 0. The Labute approximate surface area is 171 Å². The van der Waals surface area contributed by atoms with Crippen LogP contribution in [0.5, 0.6) is 0 Å². The number of hydrogen-bond donors (Lipinski definition) is 0. The van der Waals surface area contributed by atoms with Crippen LogP contribution in [0, 0.1) is 5.82 Å². The van der Waals surface area contributed by atoms with E-state index in [1.165, 1.54) is 12.1 Å². The summed E-state index contributed by atoms with van der Waals surface area (Å²) < 4.78 is 20.4. The van der Waals surface area contributed by atoms with Crippen LogP contribution in [0.15, 0.2) is 77.3 Å². The second kappa shape index (κ2) is 8.15. The number of carbonyl (C=O) groups excluding carboxylic acids is 1. The molecule has 0 aliphatic carbocycles. The monoisotopic (exact) mass is 439 g/mol. The van der Waals surface area contributed by atoms with Gasteiger partial charge < -0.3 is 4.74 Å². The number of rotatable bonds is 3. The fraction of sp³-hybridized carbons (Fsp3) is 0.174. The molecule has 142 valence electrons. The van der Waals surface area contributed by atoms with Gasteiger partial charge in [0.1, 0.15) is 12.4 Å². The Morgan fingerprint density at radius 2 is 1.89 bits per heavy atom. The maximum Gasteiger partial charge on any atom is 0.415 e. The van der Waals surface area contributed by atoms with Crippen molar-refractivity contribution >= 4 is 27.7 Å². The Bertz CT molecular complexity index is 993. The van der Waals surface area contributed by atoms with E-state index < -0.39 is 6.09 Å². The number of hydrogen-bond acceptors (Lipinski definition) is 2. The Balaban J connectivity index is 1.66. The fourth-order valence-electron chi connectivity index (χ4n) is 3.62. The SMILES string of the molecule is O=C(OCc1ccccc1)N1c2ccc(Br)cc2CCC1c1cccc(F)c1. The lowest BCUT2D eigenvalue weighted by atomic mass is 9.91. The van der Waals surface area contributed by atoms with E-state index in [1.807, 2.05) is 54.6 Å². The third-order valence-electron chi connectivity index (χ3n) is 4.94. The van der Waals surface area contributed by atoms with E-state index in [1.54, 1.807) is 11.0 Å². The van der Waals surface area contributed by atoms with E-state index in [9.17, 15) is 9.18 Å². The van der Waals surface area contributed by atoms with Crippen molar-refractivity contribution in [1.29, 1.82) is 0 Å². The molecule has 5 heteroatoms. The third kappa shape index (κ3) is 3.94. The highest BCUT2D eigenvalue weighted by Gasteiger charge is 2.33. The van der Waals surface area contributed by atoms with Crippen LogP contribution in [0.25, 0.3) is 0 Å². The number of benzene rings is 3. The molecule has 1 atom stereocenters. The molecule has 3 aromatic rings. The van der Waals surface area contributed by atoms with E-state index in [0.717, 1.165) is 33.3 Å². The molecule has 1 heterocycles. The van der Waals surface area contributed by atoms with Crippen LogP contribution in [-0.2, 0) is 17.8 Å². The number of ether oxygens (including phenoxy) is 1. The summed E-state index contributed by atoms with van der Waals surface area (Å²) in [5.41, 5.74) is 3.57. The van der Waals surface area contributed by atoms with Crippen molar-refractivity contribution < 1.29 is 13.9 Å². The first-order valence-corrected chi connectivity index (χ1v) is 9.95. The van der Waals surface area contributed by atoms with Crippen LogP contribution in [0.4, 0.5) is 14.9 Å². The average Bonchev–Trinajstić information content (AvgIpc) is 2.71. The molecule has 0 aromatic heterocycles. The molecule has 4 rings (SSSR count). The molecule has 0 bridgehead atoms. The molecule has 0 saturated carbocycles. The summed E-state index contributed by atoms with van der Waals surface area (Å²) in [6, 6.07) is 21.6. The van der Waals surface area contributed by atoms with Gasteiger partial charge in [-0.15, -0.1) is 0 Å². The maximum absolute atomic E-state index is 13.8. The summed E-state index contributed by atoms with van der Waals surface area (Å²) >= 11 is 3.49. The Morgan fingerprint density at radius 1 is 1.07 bits per heavy atom. The van der Waals surface area contributed by atoms with E-state index in [2.05, 4.69) is 15.9 Å². The Kier molecular flexibility index (Phi) is 5.44. The van der Waals surface area contributed by atoms with Crippen LogP contribution < -0.4 is 4.90 Å². The minimum Gasteiger partial charge on any atom is -0.444 e. The van der Waals surface area contributed by atoms with Gasteiger partial charge in [0, 0.05) is 4.47 Å². The Morgan fingerprint density at radius 3 is 2.68 bits per heavy atom. The van der Waals surface area contributed by atoms with Crippen LogP contribution in [0.2, 0.25) is 0 Å². The van der Waals surface area contributed by atoms with Gasteiger partial charge in [0.15, 0.2) is 0 Å². The zero-order valence-electron chi connectivity index (χ0n) is 15.1. The number of halogens is 2. The highest BCUT2D eigenvalue weighted by Crippen LogP contribution is 2.40. The van der Waals surface area contributed by atoms with Gasteiger partial charge in [0.25, 0.3) is 0 Å². The van der Waals surface area contributed by atoms with Gasteiger partial charge in [0.05, 0.1) is 11.7 Å².